The highest BCUT2D eigenvalue weighted by molar-refractivity contribution is 8.45. The number of ether oxygens (including phenoxy) is 1. The third kappa shape index (κ3) is 3.77. The first-order chi connectivity index (χ1) is 8.64. The van der Waals surface area contributed by atoms with Crippen LogP contribution in [0.2, 0.25) is 0 Å². The van der Waals surface area contributed by atoms with E-state index in [4.69, 9.17) is 4.74 Å². The van der Waals surface area contributed by atoms with Crippen LogP contribution in [0.3, 0.4) is 0 Å². The van der Waals surface area contributed by atoms with E-state index in [2.05, 4.69) is 0 Å². The summed E-state index contributed by atoms with van der Waals surface area (Å²) in [6, 6.07) is 4.86. The molecule has 1 heterocycles. The molecule has 0 aliphatic carbocycles. The Bertz CT molecular complexity index is 544. The molecule has 0 fully saturated rings. The van der Waals surface area contributed by atoms with Gasteiger partial charge in [-0.15, -0.1) is 0 Å². The molecular weight excluding hydrogens is 299 g/mol. The minimum atomic E-state index is -9.44. The first kappa shape index (κ1) is 15.4. The summed E-state index contributed by atoms with van der Waals surface area (Å²) < 4.78 is 68.3. The number of halogens is 5. The Labute approximate surface area is 114 Å². The molecule has 0 aromatic heterocycles. The lowest BCUT2D eigenvalue weighted by molar-refractivity contribution is 0.317. The fourth-order valence-corrected chi connectivity index (χ4v) is 3.30. The smallest absolute Gasteiger partial charge is 0.286 e. The van der Waals surface area contributed by atoms with Gasteiger partial charge in [0.15, 0.2) is 0 Å². The Morgan fingerprint density at radius 2 is 1.75 bits per heavy atom. The summed E-state index contributed by atoms with van der Waals surface area (Å²) in [5, 5.41) is 0. The molecule has 0 saturated heterocycles. The van der Waals surface area contributed by atoms with Crippen molar-refractivity contribution < 1.29 is 24.2 Å². The number of fused-ring (bicyclic) bond motifs is 1. The van der Waals surface area contributed by atoms with Crippen molar-refractivity contribution in [2.24, 2.45) is 0 Å². The molecule has 20 heavy (non-hydrogen) atoms. The third-order valence-electron chi connectivity index (χ3n) is 3.27. The van der Waals surface area contributed by atoms with Gasteiger partial charge in [-0.2, -0.15) is 0 Å². The molecule has 0 amide bonds. The van der Waals surface area contributed by atoms with Crippen LogP contribution >= 0.6 is 10.2 Å². The number of hydrogen-bond donors (Lipinski definition) is 0. The molecule has 0 spiro atoms. The van der Waals surface area contributed by atoms with Crippen molar-refractivity contribution in [3.8, 4) is 5.75 Å². The van der Waals surface area contributed by atoms with E-state index >= 15 is 0 Å². The molecule has 0 saturated carbocycles. The average molecular weight is 316 g/mol. The van der Waals surface area contributed by atoms with Crippen molar-refractivity contribution in [3.63, 3.8) is 0 Å². The van der Waals surface area contributed by atoms with E-state index in [1.54, 1.807) is 18.2 Å². The number of benzene rings is 1. The zero-order valence-corrected chi connectivity index (χ0v) is 12.2. The topological polar surface area (TPSA) is 9.23 Å². The van der Waals surface area contributed by atoms with Gasteiger partial charge in [0.1, 0.15) is 5.75 Å². The van der Waals surface area contributed by atoms with Gasteiger partial charge in [0.2, 0.25) is 0 Å². The van der Waals surface area contributed by atoms with Gasteiger partial charge in [-0.1, -0.05) is 52.3 Å². The van der Waals surface area contributed by atoms with E-state index in [0.717, 1.165) is 5.56 Å². The molecule has 1 aromatic carbocycles. The standard InChI is InChI=1S/C13H17F5OS/c1-13(2,3)10-4-5-12-11(6-10)9(7-19-12)8-20(14,15,16,17)18/h4-6,9H,7-8H2,1-3H3. The van der Waals surface area contributed by atoms with Crippen molar-refractivity contribution in [1.82, 2.24) is 0 Å². The van der Waals surface area contributed by atoms with Crippen molar-refractivity contribution in [2.45, 2.75) is 32.1 Å². The molecule has 1 atom stereocenters. The second-order valence-electron chi connectivity index (χ2n) is 6.31. The molecule has 0 radical (unpaired) electrons. The average Bonchev–Trinajstić information content (AvgIpc) is 2.55. The van der Waals surface area contributed by atoms with Gasteiger partial charge >= 0.3 is 0 Å². The van der Waals surface area contributed by atoms with Gasteiger partial charge in [0.05, 0.1) is 12.4 Å². The van der Waals surface area contributed by atoms with E-state index in [9.17, 15) is 19.4 Å². The molecule has 1 aromatic rings. The van der Waals surface area contributed by atoms with Gasteiger partial charge in [0.25, 0.3) is 10.2 Å². The lowest BCUT2D eigenvalue weighted by atomic mass is 9.85. The largest absolute Gasteiger partial charge is 0.493 e. The fourth-order valence-electron chi connectivity index (χ4n) is 2.26. The van der Waals surface area contributed by atoms with Crippen molar-refractivity contribution in [1.29, 1.82) is 0 Å². The van der Waals surface area contributed by atoms with E-state index in [-0.39, 0.29) is 23.3 Å². The van der Waals surface area contributed by atoms with Gasteiger partial charge in [-0.05, 0) is 17.0 Å². The first-order valence-corrected chi connectivity index (χ1v) is 8.27. The molecule has 1 aliphatic heterocycles. The van der Waals surface area contributed by atoms with Crippen molar-refractivity contribution in [2.75, 3.05) is 12.4 Å². The highest BCUT2D eigenvalue weighted by Gasteiger charge is 2.64. The fraction of sp³-hybridized carbons (Fsp3) is 0.538. The Kier molecular flexibility index (Phi) is 2.78. The molecule has 1 nitrogen and oxygen atoms in total. The molecule has 0 N–H and O–H groups in total. The molecule has 7 heteroatoms. The second-order valence-corrected chi connectivity index (χ2v) is 8.90. The van der Waals surface area contributed by atoms with E-state index < -0.39 is 21.9 Å². The normalized spacial score (nSPS) is 22.7. The van der Waals surface area contributed by atoms with Gasteiger partial charge < -0.3 is 4.74 Å². The van der Waals surface area contributed by atoms with Crippen LogP contribution in [0.25, 0.3) is 0 Å². The summed E-state index contributed by atoms with van der Waals surface area (Å²) in [5.74, 6) is -3.16. The lowest BCUT2D eigenvalue weighted by Crippen LogP contribution is -2.19. The number of rotatable bonds is 2. The van der Waals surface area contributed by atoms with Crippen LogP contribution in [0.4, 0.5) is 19.4 Å². The summed E-state index contributed by atoms with van der Waals surface area (Å²) >= 11 is 0. The van der Waals surface area contributed by atoms with Crippen LogP contribution in [0.1, 0.15) is 37.8 Å². The maximum absolute atomic E-state index is 12.6. The summed E-state index contributed by atoms with van der Waals surface area (Å²) in [5.41, 5.74) is 0.760. The van der Waals surface area contributed by atoms with Crippen LogP contribution in [0.5, 0.6) is 5.75 Å². The van der Waals surface area contributed by atoms with Crippen molar-refractivity contribution >= 4 is 10.2 Å². The Morgan fingerprint density at radius 1 is 1.15 bits per heavy atom. The molecule has 1 aliphatic rings. The monoisotopic (exact) mass is 316 g/mol. The zero-order valence-electron chi connectivity index (χ0n) is 11.4. The van der Waals surface area contributed by atoms with Crippen LogP contribution in [-0.4, -0.2) is 12.4 Å². The predicted molar refractivity (Wildman–Crippen MR) is 71.4 cm³/mol. The highest BCUT2D eigenvalue weighted by atomic mass is 32.5. The van der Waals surface area contributed by atoms with Crippen LogP contribution < -0.4 is 4.74 Å². The maximum Gasteiger partial charge on any atom is 0.286 e. The Hall–Kier alpha value is -0.980. The molecule has 1 unspecified atom stereocenters. The molecule has 0 bridgehead atoms. The maximum atomic E-state index is 12.6. The zero-order chi connectivity index (χ0) is 15.5. The Balaban J connectivity index is 2.38. The molecule has 2 rings (SSSR count). The quantitative estimate of drug-likeness (QED) is 0.630. The first-order valence-electron chi connectivity index (χ1n) is 6.15. The van der Waals surface area contributed by atoms with Crippen LogP contribution in [-0.2, 0) is 5.41 Å². The van der Waals surface area contributed by atoms with Crippen LogP contribution in [0, 0.1) is 0 Å². The predicted octanol–water partition coefficient (Wildman–Crippen LogP) is 5.76. The Morgan fingerprint density at radius 3 is 2.25 bits per heavy atom. The minimum Gasteiger partial charge on any atom is -0.493 e. The van der Waals surface area contributed by atoms with E-state index in [1.165, 1.54) is 0 Å². The highest BCUT2D eigenvalue weighted by Crippen LogP contribution is 2.98. The van der Waals surface area contributed by atoms with E-state index in [0.29, 0.717) is 0 Å². The SMILES string of the molecule is CC(C)(C)c1ccc2c(c1)C(CS(F)(F)(F)(F)F)CO2. The molecule has 116 valence electrons. The lowest BCUT2D eigenvalue weighted by Gasteiger charge is -2.41. The minimum absolute atomic E-state index is 0.227. The summed E-state index contributed by atoms with van der Waals surface area (Å²) in [4.78, 5) is 0. The van der Waals surface area contributed by atoms with Crippen molar-refractivity contribution in [3.05, 3.63) is 29.3 Å². The van der Waals surface area contributed by atoms with Gasteiger partial charge in [-0.25, -0.2) is 0 Å². The van der Waals surface area contributed by atoms with E-state index in [1.807, 2.05) is 20.8 Å². The molecular formula is C13H17F5OS. The second kappa shape index (κ2) is 3.61. The van der Waals surface area contributed by atoms with Gasteiger partial charge in [-0.3, -0.25) is 0 Å². The third-order valence-corrected chi connectivity index (χ3v) is 4.30. The summed E-state index contributed by atoms with van der Waals surface area (Å²) in [6.45, 7) is 5.37. The summed E-state index contributed by atoms with van der Waals surface area (Å²) in [6.07, 6.45) is 0. The van der Waals surface area contributed by atoms with Gasteiger partial charge in [0, 0.05) is 11.5 Å². The number of hydrogen-bond acceptors (Lipinski definition) is 1. The summed E-state index contributed by atoms with van der Waals surface area (Å²) in [7, 11) is -9.44. The van der Waals surface area contributed by atoms with Crippen LogP contribution in [0.15, 0.2) is 18.2 Å².